The molecule has 0 radical (unpaired) electrons. The van der Waals surface area contributed by atoms with Gasteiger partial charge in [0.25, 0.3) is 17.7 Å². The maximum Gasteiger partial charge on any atom is 0.413 e. The van der Waals surface area contributed by atoms with Gasteiger partial charge < -0.3 is 14.0 Å². The van der Waals surface area contributed by atoms with Crippen molar-refractivity contribution >= 4 is 64.5 Å². The largest absolute Gasteiger partial charge is 0.450 e. The maximum atomic E-state index is 12.6. The van der Waals surface area contributed by atoms with Gasteiger partial charge in [0.2, 0.25) is 6.04 Å². The molecule has 0 saturated carbocycles. The Morgan fingerprint density at radius 3 is 2.00 bits per heavy atom. The standard InChI is InChI=1S/C26H25Cl3N6O7/c1-5-40-24(38)30-20(36)19(21(37)31-25(39)41-6-2)34-33-13-11-16(28)18(17(29)12-13)26(3,4)23-32-22(42-35-23)14-9-7-8-10-15(14)27/h7-12,19H,5-6H2,1-4H3,(H,30,36,38)(H,31,37,39). The molecular formula is C26H25Cl3N6O7. The molecule has 1 heterocycles. The van der Waals surface area contributed by atoms with Crippen LogP contribution in [-0.4, -0.2) is 53.4 Å². The minimum atomic E-state index is -1.98. The summed E-state index contributed by atoms with van der Waals surface area (Å²) in [6.45, 7) is 6.51. The topological polar surface area (TPSA) is 174 Å². The van der Waals surface area contributed by atoms with E-state index in [2.05, 4.69) is 29.8 Å². The van der Waals surface area contributed by atoms with Crippen molar-refractivity contribution in [3.8, 4) is 11.5 Å². The van der Waals surface area contributed by atoms with Crippen LogP contribution in [-0.2, 0) is 24.5 Å². The van der Waals surface area contributed by atoms with Crippen LogP contribution in [0, 0.1) is 0 Å². The molecule has 0 fully saturated rings. The first kappa shape index (κ1) is 32.4. The van der Waals surface area contributed by atoms with Crippen LogP contribution in [0.3, 0.4) is 0 Å². The molecule has 0 atom stereocenters. The molecule has 0 aliphatic carbocycles. The average molecular weight is 640 g/mol. The molecule has 16 heteroatoms. The van der Waals surface area contributed by atoms with E-state index < -0.39 is 35.5 Å². The van der Waals surface area contributed by atoms with Crippen molar-refractivity contribution in [3.63, 3.8) is 0 Å². The van der Waals surface area contributed by atoms with Crippen LogP contribution in [0.15, 0.2) is 51.1 Å². The van der Waals surface area contributed by atoms with E-state index in [0.717, 1.165) is 0 Å². The van der Waals surface area contributed by atoms with Gasteiger partial charge in [-0.2, -0.15) is 15.2 Å². The molecule has 4 amide bonds. The predicted octanol–water partition coefficient (Wildman–Crippen LogP) is 6.02. The number of azo groups is 1. The number of alkyl carbamates (subject to hydrolysis) is 2. The van der Waals surface area contributed by atoms with E-state index in [4.69, 9.17) is 39.3 Å². The highest BCUT2D eigenvalue weighted by Gasteiger charge is 2.34. The number of hydrogen-bond donors (Lipinski definition) is 2. The molecule has 0 spiro atoms. The van der Waals surface area contributed by atoms with Crippen molar-refractivity contribution < 1.29 is 33.2 Å². The molecule has 0 aliphatic heterocycles. The third-order valence-electron chi connectivity index (χ3n) is 5.53. The summed E-state index contributed by atoms with van der Waals surface area (Å²) >= 11 is 19.4. The molecule has 2 N–H and O–H groups in total. The molecule has 3 aromatic rings. The SMILES string of the molecule is CCOC(=O)NC(=O)C(N=Nc1cc(Cl)c(C(C)(C)c2noc(-c3ccccc3Cl)n2)c(Cl)c1)C(=O)NC(=O)OCC. The Kier molecular flexibility index (Phi) is 11.0. The van der Waals surface area contributed by atoms with Crippen molar-refractivity contribution in [1.82, 2.24) is 20.8 Å². The van der Waals surface area contributed by atoms with E-state index in [-0.39, 0.29) is 40.7 Å². The van der Waals surface area contributed by atoms with Crippen LogP contribution >= 0.6 is 34.8 Å². The lowest BCUT2D eigenvalue weighted by atomic mass is 9.83. The lowest BCUT2D eigenvalue weighted by Crippen LogP contribution is -2.48. The maximum absolute atomic E-state index is 12.6. The summed E-state index contributed by atoms with van der Waals surface area (Å²) in [6, 6.07) is 7.77. The highest BCUT2D eigenvalue weighted by Crippen LogP contribution is 2.42. The summed E-state index contributed by atoms with van der Waals surface area (Å²) in [5.41, 5.74) is 0.0597. The fraction of sp³-hybridized carbons (Fsp3) is 0.308. The van der Waals surface area contributed by atoms with Gasteiger partial charge >= 0.3 is 12.2 Å². The van der Waals surface area contributed by atoms with E-state index in [1.165, 1.54) is 26.0 Å². The number of amides is 4. The molecule has 2 aromatic carbocycles. The minimum absolute atomic E-state index is 0.0365. The second-order valence-electron chi connectivity index (χ2n) is 8.85. The van der Waals surface area contributed by atoms with Crippen molar-refractivity contribution in [2.45, 2.75) is 39.2 Å². The summed E-state index contributed by atoms with van der Waals surface area (Å²) in [5.74, 6) is -1.95. The lowest BCUT2D eigenvalue weighted by molar-refractivity contribution is -0.130. The zero-order chi connectivity index (χ0) is 31.0. The van der Waals surface area contributed by atoms with Crippen molar-refractivity contribution in [2.24, 2.45) is 10.2 Å². The van der Waals surface area contributed by atoms with E-state index >= 15 is 0 Å². The molecule has 0 saturated heterocycles. The number of halogens is 3. The quantitative estimate of drug-likeness (QED) is 0.209. The van der Waals surface area contributed by atoms with E-state index in [9.17, 15) is 19.2 Å². The summed E-state index contributed by atoms with van der Waals surface area (Å²) in [4.78, 5) is 53.0. The number of aromatic nitrogens is 2. The zero-order valence-corrected chi connectivity index (χ0v) is 25.0. The fourth-order valence-electron chi connectivity index (χ4n) is 3.57. The van der Waals surface area contributed by atoms with Gasteiger partial charge in [0, 0.05) is 15.6 Å². The van der Waals surface area contributed by atoms with Gasteiger partial charge in [-0.3, -0.25) is 20.2 Å². The van der Waals surface area contributed by atoms with Crippen LogP contribution in [0.25, 0.3) is 11.5 Å². The number of imide groups is 2. The van der Waals surface area contributed by atoms with Crippen molar-refractivity contribution in [3.05, 3.63) is 62.9 Å². The third kappa shape index (κ3) is 7.81. The Morgan fingerprint density at radius 1 is 0.929 bits per heavy atom. The van der Waals surface area contributed by atoms with Crippen LogP contribution in [0.2, 0.25) is 15.1 Å². The highest BCUT2D eigenvalue weighted by atomic mass is 35.5. The number of benzene rings is 2. The molecule has 3 rings (SSSR count). The molecule has 0 unspecified atom stereocenters. The number of carbonyl (C=O) groups is 4. The molecular weight excluding hydrogens is 615 g/mol. The van der Waals surface area contributed by atoms with Gasteiger partial charge in [-0.1, -0.05) is 52.1 Å². The molecule has 0 bridgehead atoms. The first-order valence-corrected chi connectivity index (χ1v) is 13.5. The number of carbonyl (C=O) groups excluding carboxylic acids is 4. The van der Waals surface area contributed by atoms with Crippen LogP contribution in [0.5, 0.6) is 0 Å². The highest BCUT2D eigenvalue weighted by molar-refractivity contribution is 6.36. The summed E-state index contributed by atoms with van der Waals surface area (Å²) < 4.78 is 14.7. The second kappa shape index (κ2) is 14.2. The Morgan fingerprint density at radius 2 is 1.48 bits per heavy atom. The van der Waals surface area contributed by atoms with Gasteiger partial charge in [0.1, 0.15) is 0 Å². The smallest absolute Gasteiger partial charge is 0.413 e. The number of hydrogen-bond acceptors (Lipinski definition) is 11. The van der Waals surface area contributed by atoms with Crippen LogP contribution in [0.1, 0.15) is 39.1 Å². The van der Waals surface area contributed by atoms with Gasteiger partial charge in [-0.15, -0.1) is 0 Å². The Bertz CT molecular complexity index is 1470. The minimum Gasteiger partial charge on any atom is -0.450 e. The molecule has 222 valence electrons. The average Bonchev–Trinajstić information content (AvgIpc) is 3.40. The number of nitrogens with one attached hydrogen (secondary N) is 2. The van der Waals surface area contributed by atoms with E-state index in [1.54, 1.807) is 38.1 Å². The van der Waals surface area contributed by atoms with E-state index in [0.29, 0.717) is 16.1 Å². The second-order valence-corrected chi connectivity index (χ2v) is 10.1. The Hall–Kier alpha value is -4.07. The Balaban J connectivity index is 1.91. The first-order chi connectivity index (χ1) is 19.9. The number of nitrogens with zero attached hydrogens (tertiary/aromatic N) is 4. The third-order valence-corrected chi connectivity index (χ3v) is 6.45. The van der Waals surface area contributed by atoms with Crippen LogP contribution in [0.4, 0.5) is 15.3 Å². The number of ether oxygens (including phenoxy) is 2. The zero-order valence-electron chi connectivity index (χ0n) is 22.7. The van der Waals surface area contributed by atoms with Gasteiger partial charge in [-0.05, 0) is 52.0 Å². The first-order valence-electron chi connectivity index (χ1n) is 12.3. The normalized spacial score (nSPS) is 11.4. The Labute approximate surface area is 254 Å². The van der Waals surface area contributed by atoms with Crippen molar-refractivity contribution in [2.75, 3.05) is 13.2 Å². The van der Waals surface area contributed by atoms with Crippen molar-refractivity contribution in [1.29, 1.82) is 0 Å². The van der Waals surface area contributed by atoms with Gasteiger partial charge in [-0.25, -0.2) is 9.59 Å². The molecule has 0 aliphatic rings. The van der Waals surface area contributed by atoms with Gasteiger partial charge in [0.15, 0.2) is 5.82 Å². The van der Waals surface area contributed by atoms with Gasteiger partial charge in [0.05, 0.1) is 34.9 Å². The predicted molar refractivity (Wildman–Crippen MR) is 152 cm³/mol. The summed E-state index contributed by atoms with van der Waals surface area (Å²) in [6.07, 6.45) is -2.24. The molecule has 42 heavy (non-hydrogen) atoms. The monoisotopic (exact) mass is 638 g/mol. The fourth-order valence-corrected chi connectivity index (χ4v) is 4.73. The van der Waals surface area contributed by atoms with Crippen LogP contribution < -0.4 is 10.6 Å². The molecule has 1 aromatic heterocycles. The lowest BCUT2D eigenvalue weighted by Gasteiger charge is -2.24. The molecule has 13 nitrogen and oxygen atoms in total. The summed E-state index contributed by atoms with van der Waals surface area (Å²) in [5, 5.41) is 16.1. The number of rotatable bonds is 9. The summed E-state index contributed by atoms with van der Waals surface area (Å²) in [7, 11) is 0. The van der Waals surface area contributed by atoms with E-state index in [1.807, 2.05) is 10.6 Å².